The van der Waals surface area contributed by atoms with Crippen LogP contribution in [0.25, 0.3) is 0 Å². The number of carboxylic acids is 1. The summed E-state index contributed by atoms with van der Waals surface area (Å²) in [4.78, 5) is 25.9. The van der Waals surface area contributed by atoms with Gasteiger partial charge in [-0.3, -0.25) is 9.59 Å². The summed E-state index contributed by atoms with van der Waals surface area (Å²) in [6.07, 6.45) is 2.35. The lowest BCUT2D eigenvalue weighted by molar-refractivity contribution is -0.144. The summed E-state index contributed by atoms with van der Waals surface area (Å²) in [5, 5.41) is 10.1. The van der Waals surface area contributed by atoms with Crippen molar-refractivity contribution < 1.29 is 24.2 Å². The Balaban J connectivity index is 1.36. The Labute approximate surface area is 229 Å². The third-order valence-electron chi connectivity index (χ3n) is 6.51. The number of amides is 1. The fraction of sp³-hybridized carbons (Fsp3) is 0.355. The average molecular weight is 536 g/mol. The Morgan fingerprint density at radius 2 is 1.68 bits per heavy atom. The van der Waals surface area contributed by atoms with E-state index < -0.39 is 5.97 Å². The smallest absolute Gasteiger partial charge is 0.323 e. The Hall–Kier alpha value is -3.51. The molecule has 0 spiro atoms. The zero-order valence-electron chi connectivity index (χ0n) is 22.1. The van der Waals surface area contributed by atoms with E-state index in [0.717, 1.165) is 46.6 Å². The number of aliphatic carboxylic acids is 1. The van der Waals surface area contributed by atoms with Gasteiger partial charge in [-0.1, -0.05) is 48.0 Å². The van der Waals surface area contributed by atoms with E-state index >= 15 is 0 Å². The maximum Gasteiger partial charge on any atom is 0.323 e. The van der Waals surface area contributed by atoms with Gasteiger partial charge in [-0.2, -0.15) is 0 Å². The normalized spacial score (nSPS) is 16.1. The van der Waals surface area contributed by atoms with Crippen molar-refractivity contribution in [1.29, 1.82) is 0 Å². The van der Waals surface area contributed by atoms with Crippen molar-refractivity contribution >= 4 is 23.5 Å². The number of benzene rings is 3. The zero-order valence-corrected chi connectivity index (χ0v) is 22.8. The van der Waals surface area contributed by atoms with Crippen LogP contribution in [0.2, 0.25) is 5.02 Å². The van der Waals surface area contributed by atoms with E-state index in [1.807, 2.05) is 74.5 Å². The van der Waals surface area contributed by atoms with Crippen LogP contribution in [-0.2, 0) is 35.4 Å². The van der Waals surface area contributed by atoms with E-state index in [4.69, 9.17) is 21.1 Å². The molecule has 0 saturated heterocycles. The van der Waals surface area contributed by atoms with Gasteiger partial charge in [-0.25, -0.2) is 0 Å². The molecule has 0 saturated carbocycles. The molecule has 0 radical (unpaired) electrons. The molecule has 0 bridgehead atoms. The first kappa shape index (κ1) is 27.5. The number of fused-ring (bicyclic) bond motifs is 1. The highest BCUT2D eigenvalue weighted by molar-refractivity contribution is 6.30. The SMILES string of the molecule is CC(C)Oc1ccc(CN(CC(=O)O)C(=O)CCc2ccc3c(c2)C[C@@](C)(Cc2ccc(Cl)cc2)O3)cc1. The molecule has 0 fully saturated rings. The highest BCUT2D eigenvalue weighted by Gasteiger charge is 2.35. The van der Waals surface area contributed by atoms with Crippen molar-refractivity contribution in [2.45, 2.75) is 64.7 Å². The average Bonchev–Trinajstić information content (AvgIpc) is 3.19. The van der Waals surface area contributed by atoms with Gasteiger partial charge in [-0.15, -0.1) is 0 Å². The van der Waals surface area contributed by atoms with Crippen LogP contribution in [0, 0.1) is 0 Å². The molecule has 1 aliphatic heterocycles. The summed E-state index contributed by atoms with van der Waals surface area (Å²) >= 11 is 6.02. The summed E-state index contributed by atoms with van der Waals surface area (Å²) < 4.78 is 12.0. The third-order valence-corrected chi connectivity index (χ3v) is 6.76. The van der Waals surface area contributed by atoms with E-state index in [0.29, 0.717) is 11.4 Å². The predicted octanol–water partition coefficient (Wildman–Crippen LogP) is 6.11. The van der Waals surface area contributed by atoms with Crippen molar-refractivity contribution in [3.8, 4) is 11.5 Å². The number of carboxylic acid groups (broad SMARTS) is 1. The zero-order chi connectivity index (χ0) is 27.3. The second-order valence-corrected chi connectivity index (χ2v) is 10.9. The number of halogens is 1. The van der Waals surface area contributed by atoms with Crippen LogP contribution in [0.1, 0.15) is 49.4 Å². The third kappa shape index (κ3) is 7.51. The van der Waals surface area contributed by atoms with Crippen molar-refractivity contribution in [2.75, 3.05) is 6.54 Å². The highest BCUT2D eigenvalue weighted by Crippen LogP contribution is 2.37. The van der Waals surface area contributed by atoms with Crippen LogP contribution in [-0.4, -0.2) is 40.1 Å². The van der Waals surface area contributed by atoms with Crippen LogP contribution < -0.4 is 9.47 Å². The van der Waals surface area contributed by atoms with Gasteiger partial charge in [0, 0.05) is 30.8 Å². The molecule has 1 amide bonds. The lowest BCUT2D eigenvalue weighted by atomic mass is 9.91. The number of hydrogen-bond donors (Lipinski definition) is 1. The summed E-state index contributed by atoms with van der Waals surface area (Å²) in [6.45, 7) is 5.90. The fourth-order valence-electron chi connectivity index (χ4n) is 4.83. The van der Waals surface area contributed by atoms with Crippen LogP contribution in [0.3, 0.4) is 0 Å². The molecule has 38 heavy (non-hydrogen) atoms. The van der Waals surface area contributed by atoms with E-state index in [2.05, 4.69) is 13.0 Å². The molecule has 1 N–H and O–H groups in total. The number of hydrogen-bond acceptors (Lipinski definition) is 4. The molecule has 200 valence electrons. The van der Waals surface area contributed by atoms with Crippen molar-refractivity contribution in [1.82, 2.24) is 4.90 Å². The minimum atomic E-state index is -1.03. The number of carbonyl (C=O) groups excluding carboxylic acids is 1. The first-order valence-electron chi connectivity index (χ1n) is 12.9. The topological polar surface area (TPSA) is 76.1 Å². The standard InChI is InChI=1S/C31H34ClNO5/c1-21(2)37-27-12-6-24(7-13-27)19-33(20-30(35)36)29(34)15-9-22-8-14-28-25(16-22)18-31(3,38-28)17-23-4-10-26(32)11-5-23/h4-8,10-14,16,21H,9,15,17-20H2,1-3H3,(H,35,36)/t31-/m1/s1. The minimum Gasteiger partial charge on any atom is -0.491 e. The predicted molar refractivity (Wildman–Crippen MR) is 148 cm³/mol. The molecule has 3 aromatic carbocycles. The van der Waals surface area contributed by atoms with E-state index in [1.165, 1.54) is 4.90 Å². The molecule has 3 aromatic rings. The molecular weight excluding hydrogens is 502 g/mol. The molecule has 4 rings (SSSR count). The van der Waals surface area contributed by atoms with Crippen molar-refractivity contribution in [3.05, 3.63) is 94.0 Å². The Kier molecular flexibility index (Phi) is 8.62. The summed E-state index contributed by atoms with van der Waals surface area (Å²) in [5.74, 6) is 0.380. The number of ether oxygens (including phenoxy) is 2. The quantitative estimate of drug-likeness (QED) is 0.320. The Bertz CT molecular complexity index is 1270. The van der Waals surface area contributed by atoms with Gasteiger partial charge in [0.25, 0.3) is 0 Å². The first-order valence-corrected chi connectivity index (χ1v) is 13.3. The molecule has 0 aliphatic carbocycles. The second kappa shape index (κ2) is 11.9. The maximum atomic E-state index is 13.0. The first-order chi connectivity index (χ1) is 18.1. The Morgan fingerprint density at radius 3 is 2.34 bits per heavy atom. The maximum absolute atomic E-state index is 13.0. The Morgan fingerprint density at radius 1 is 1.03 bits per heavy atom. The number of aryl methyl sites for hydroxylation is 1. The van der Waals surface area contributed by atoms with Crippen molar-refractivity contribution in [3.63, 3.8) is 0 Å². The number of rotatable bonds is 11. The van der Waals surface area contributed by atoms with Crippen LogP contribution >= 0.6 is 11.6 Å². The second-order valence-electron chi connectivity index (χ2n) is 10.4. The van der Waals surface area contributed by atoms with Crippen molar-refractivity contribution in [2.24, 2.45) is 0 Å². The lowest BCUT2D eigenvalue weighted by Gasteiger charge is -2.24. The molecule has 1 heterocycles. The molecule has 1 aliphatic rings. The van der Waals surface area contributed by atoms with Gasteiger partial charge in [0.2, 0.25) is 5.91 Å². The van der Waals surface area contributed by atoms with Crippen LogP contribution in [0.4, 0.5) is 0 Å². The summed E-state index contributed by atoms with van der Waals surface area (Å²) in [5.41, 5.74) is 3.82. The van der Waals surface area contributed by atoms with E-state index in [9.17, 15) is 14.7 Å². The van der Waals surface area contributed by atoms with E-state index in [1.54, 1.807) is 0 Å². The lowest BCUT2D eigenvalue weighted by Crippen LogP contribution is -2.35. The van der Waals surface area contributed by atoms with Gasteiger partial charge in [-0.05, 0) is 79.8 Å². The fourth-order valence-corrected chi connectivity index (χ4v) is 4.96. The highest BCUT2D eigenvalue weighted by atomic mass is 35.5. The van der Waals surface area contributed by atoms with Gasteiger partial charge >= 0.3 is 5.97 Å². The molecule has 0 aromatic heterocycles. The molecule has 1 atom stereocenters. The number of carbonyl (C=O) groups is 2. The number of nitrogens with zero attached hydrogens (tertiary/aromatic N) is 1. The van der Waals surface area contributed by atoms with E-state index in [-0.39, 0.29) is 37.1 Å². The molecular formula is C31H34ClNO5. The summed E-state index contributed by atoms with van der Waals surface area (Å²) in [7, 11) is 0. The molecule has 6 nitrogen and oxygen atoms in total. The van der Waals surface area contributed by atoms with Crippen LogP contribution in [0.15, 0.2) is 66.7 Å². The minimum absolute atomic E-state index is 0.0638. The summed E-state index contributed by atoms with van der Waals surface area (Å²) in [6, 6.07) is 21.3. The monoisotopic (exact) mass is 535 g/mol. The van der Waals surface area contributed by atoms with Gasteiger partial charge < -0.3 is 19.5 Å². The van der Waals surface area contributed by atoms with Gasteiger partial charge in [0.05, 0.1) is 6.10 Å². The molecule has 7 heteroatoms. The van der Waals surface area contributed by atoms with Crippen LogP contribution in [0.5, 0.6) is 11.5 Å². The van der Waals surface area contributed by atoms with Gasteiger partial charge in [0.15, 0.2) is 0 Å². The molecule has 0 unspecified atom stereocenters. The van der Waals surface area contributed by atoms with Gasteiger partial charge in [0.1, 0.15) is 23.6 Å². The largest absolute Gasteiger partial charge is 0.491 e.